The van der Waals surface area contributed by atoms with Gasteiger partial charge in [-0.3, -0.25) is 0 Å². The Morgan fingerprint density at radius 1 is 0.719 bits per heavy atom. The molecule has 1 heterocycles. The third-order valence-electron chi connectivity index (χ3n) is 6.07. The van der Waals surface area contributed by atoms with Crippen molar-refractivity contribution in [3.8, 4) is 0 Å². The van der Waals surface area contributed by atoms with Crippen molar-refractivity contribution < 1.29 is 0 Å². The quantitative estimate of drug-likeness (QED) is 0.316. The minimum Gasteiger partial charge on any atom is -0.384 e. The molecule has 0 fully saturated rings. The van der Waals surface area contributed by atoms with Crippen LogP contribution >= 0.6 is 0 Å². The summed E-state index contributed by atoms with van der Waals surface area (Å²) >= 11 is 0. The minimum atomic E-state index is 0.673. The highest BCUT2D eigenvalue weighted by molar-refractivity contribution is 6.16. The zero-order valence-electron chi connectivity index (χ0n) is 18.9. The van der Waals surface area contributed by atoms with Crippen LogP contribution in [0, 0.1) is 0 Å². The summed E-state index contributed by atoms with van der Waals surface area (Å²) < 4.78 is 0. The maximum absolute atomic E-state index is 5.10. The molecular weight excluding hydrogens is 392 g/mol. The number of aliphatic imine (C=N–C) groups is 1. The molecule has 0 atom stereocenters. The van der Waals surface area contributed by atoms with Gasteiger partial charge in [0.1, 0.15) is 5.84 Å². The molecule has 0 amide bonds. The Balaban J connectivity index is 1.51. The maximum atomic E-state index is 5.10. The van der Waals surface area contributed by atoms with Gasteiger partial charge in [0.05, 0.1) is 17.9 Å². The van der Waals surface area contributed by atoms with Crippen LogP contribution in [0.3, 0.4) is 0 Å². The Labute approximate surface area is 190 Å². The number of hydrogen-bond acceptors (Lipinski definition) is 4. The van der Waals surface area contributed by atoms with E-state index in [1.807, 2.05) is 0 Å². The summed E-state index contributed by atoms with van der Waals surface area (Å²) in [5, 5.41) is 12.3. The van der Waals surface area contributed by atoms with Gasteiger partial charge in [-0.25, -0.2) is 4.99 Å². The van der Waals surface area contributed by atoms with Gasteiger partial charge in [-0.15, -0.1) is 0 Å². The average Bonchev–Trinajstić information content (AvgIpc) is 2.83. The fraction of sp³-hybridized carbons (Fsp3) is 0.250. The Hall–Kier alpha value is -3.53. The zero-order valence-corrected chi connectivity index (χ0v) is 18.9. The van der Waals surface area contributed by atoms with Gasteiger partial charge in [-0.1, -0.05) is 62.4 Å². The Morgan fingerprint density at radius 2 is 1.38 bits per heavy atom. The predicted octanol–water partition coefficient (Wildman–Crippen LogP) is 7.19. The van der Waals surface area contributed by atoms with E-state index in [4.69, 9.17) is 4.99 Å². The van der Waals surface area contributed by atoms with E-state index in [1.165, 1.54) is 32.9 Å². The second-order valence-corrected chi connectivity index (χ2v) is 8.32. The second-order valence-electron chi connectivity index (χ2n) is 8.32. The number of anilines is 3. The molecule has 0 bridgehead atoms. The molecule has 4 nitrogen and oxygen atoms in total. The van der Waals surface area contributed by atoms with Crippen molar-refractivity contribution in [2.45, 2.75) is 26.7 Å². The first-order valence-corrected chi connectivity index (χ1v) is 11.7. The lowest BCUT2D eigenvalue weighted by molar-refractivity contribution is 0.896. The van der Waals surface area contributed by atoms with Crippen molar-refractivity contribution in [3.63, 3.8) is 0 Å². The van der Waals surface area contributed by atoms with Crippen LogP contribution in [0.4, 0.5) is 22.7 Å². The summed E-state index contributed by atoms with van der Waals surface area (Å²) in [6, 6.07) is 25.9. The van der Waals surface area contributed by atoms with Crippen molar-refractivity contribution in [2.75, 3.05) is 35.2 Å². The number of hydrogen-bond donors (Lipinski definition) is 2. The van der Waals surface area contributed by atoms with Crippen LogP contribution in [0.1, 0.15) is 26.7 Å². The van der Waals surface area contributed by atoms with Gasteiger partial charge >= 0.3 is 0 Å². The molecular formula is C28H30N4. The van der Waals surface area contributed by atoms with E-state index >= 15 is 0 Å². The van der Waals surface area contributed by atoms with Crippen molar-refractivity contribution in [3.05, 3.63) is 72.8 Å². The Morgan fingerprint density at radius 3 is 2.09 bits per heavy atom. The first kappa shape index (κ1) is 20.4. The number of fused-ring (bicyclic) bond motifs is 1. The van der Waals surface area contributed by atoms with Crippen LogP contribution in [-0.2, 0) is 0 Å². The van der Waals surface area contributed by atoms with Crippen molar-refractivity contribution >= 4 is 50.1 Å². The number of rotatable bonds is 8. The highest BCUT2D eigenvalue weighted by atomic mass is 15.2. The summed E-state index contributed by atoms with van der Waals surface area (Å²) in [5.74, 6) is 1.06. The molecule has 1 aliphatic rings. The van der Waals surface area contributed by atoms with Gasteiger partial charge in [0.15, 0.2) is 0 Å². The highest BCUT2D eigenvalue weighted by Crippen LogP contribution is 2.39. The molecule has 162 valence electrons. The van der Waals surface area contributed by atoms with E-state index in [-0.39, 0.29) is 0 Å². The normalized spacial score (nSPS) is 12.8. The van der Waals surface area contributed by atoms with Gasteiger partial charge in [0, 0.05) is 35.2 Å². The fourth-order valence-corrected chi connectivity index (χ4v) is 4.64. The number of nitrogens with one attached hydrogen (secondary N) is 2. The van der Waals surface area contributed by atoms with E-state index in [2.05, 4.69) is 102 Å². The van der Waals surface area contributed by atoms with Gasteiger partial charge in [0.2, 0.25) is 0 Å². The first-order chi connectivity index (χ1) is 15.8. The minimum absolute atomic E-state index is 0.673. The monoisotopic (exact) mass is 422 g/mol. The summed E-state index contributed by atoms with van der Waals surface area (Å²) in [5.41, 5.74) is 4.64. The van der Waals surface area contributed by atoms with Crippen molar-refractivity contribution in [1.82, 2.24) is 0 Å². The fourth-order valence-electron chi connectivity index (χ4n) is 4.64. The molecule has 0 aliphatic carbocycles. The molecule has 0 spiro atoms. The molecule has 0 saturated carbocycles. The molecule has 1 aliphatic heterocycles. The van der Waals surface area contributed by atoms with Crippen LogP contribution in [0.25, 0.3) is 21.5 Å². The zero-order chi connectivity index (χ0) is 21.9. The third kappa shape index (κ3) is 3.66. The lowest BCUT2D eigenvalue weighted by atomic mass is 10.0. The first-order valence-electron chi connectivity index (χ1n) is 11.7. The van der Waals surface area contributed by atoms with Crippen LogP contribution < -0.4 is 15.5 Å². The Bertz CT molecular complexity index is 1280. The largest absolute Gasteiger partial charge is 0.384 e. The third-order valence-corrected chi connectivity index (χ3v) is 6.07. The lowest BCUT2D eigenvalue weighted by Gasteiger charge is -2.31. The van der Waals surface area contributed by atoms with Gasteiger partial charge in [-0.2, -0.15) is 0 Å². The van der Waals surface area contributed by atoms with Crippen LogP contribution in [0.5, 0.6) is 0 Å². The summed E-state index contributed by atoms with van der Waals surface area (Å²) in [6.45, 7) is 7.01. The van der Waals surface area contributed by atoms with E-state index in [0.29, 0.717) is 6.54 Å². The summed E-state index contributed by atoms with van der Waals surface area (Å²) in [6.07, 6.45) is 2.16. The number of benzene rings is 4. The van der Waals surface area contributed by atoms with Crippen molar-refractivity contribution in [1.29, 1.82) is 0 Å². The second kappa shape index (κ2) is 8.91. The van der Waals surface area contributed by atoms with Gasteiger partial charge in [-0.05, 0) is 47.9 Å². The summed E-state index contributed by atoms with van der Waals surface area (Å²) in [7, 11) is 0. The van der Waals surface area contributed by atoms with E-state index in [0.717, 1.165) is 43.1 Å². The lowest BCUT2D eigenvalue weighted by Crippen LogP contribution is -2.37. The molecule has 2 N–H and O–H groups in total. The molecule has 0 aromatic heterocycles. The smallest absolute Gasteiger partial charge is 0.129 e. The molecule has 4 heteroatoms. The molecule has 4 aromatic carbocycles. The van der Waals surface area contributed by atoms with Crippen LogP contribution in [-0.4, -0.2) is 25.5 Å². The molecule has 32 heavy (non-hydrogen) atoms. The number of amidine groups is 1. The van der Waals surface area contributed by atoms with Gasteiger partial charge in [0.25, 0.3) is 0 Å². The predicted molar refractivity (Wildman–Crippen MR) is 140 cm³/mol. The van der Waals surface area contributed by atoms with Crippen molar-refractivity contribution in [2.24, 2.45) is 4.99 Å². The van der Waals surface area contributed by atoms with E-state index in [1.54, 1.807) is 0 Å². The standard InChI is InChI=1S/C28H30N4/c1-3-17-29-22-13-5-9-20-10-6-14-23(27(20)22)30-19-26-31-24-15-7-11-21-12-8-16-25(28(21)24)32(26)18-4-2/h5-16,29-30H,3-4,17-19H2,1-2H3. The molecule has 5 rings (SSSR count). The highest BCUT2D eigenvalue weighted by Gasteiger charge is 2.22. The molecule has 0 unspecified atom stereocenters. The maximum Gasteiger partial charge on any atom is 0.129 e. The van der Waals surface area contributed by atoms with E-state index < -0.39 is 0 Å². The SMILES string of the molecule is CCCNc1cccc2cccc(NCC3=Nc4cccc5cccc(c45)N3CCC)c12. The topological polar surface area (TPSA) is 39.7 Å². The van der Waals surface area contributed by atoms with E-state index in [9.17, 15) is 0 Å². The molecule has 4 aromatic rings. The van der Waals surface area contributed by atoms with Crippen LogP contribution in [0.2, 0.25) is 0 Å². The molecule has 0 saturated heterocycles. The van der Waals surface area contributed by atoms with Gasteiger partial charge < -0.3 is 15.5 Å². The number of nitrogens with zero attached hydrogens (tertiary/aromatic N) is 2. The Kier molecular flexibility index (Phi) is 5.68. The molecule has 0 radical (unpaired) electrons. The summed E-state index contributed by atoms with van der Waals surface area (Å²) in [4.78, 5) is 7.47. The van der Waals surface area contributed by atoms with Crippen LogP contribution in [0.15, 0.2) is 77.8 Å². The average molecular weight is 423 g/mol.